The predicted octanol–water partition coefficient (Wildman–Crippen LogP) is 3.60. The van der Waals surface area contributed by atoms with Gasteiger partial charge in [-0.3, -0.25) is 4.79 Å². The van der Waals surface area contributed by atoms with Crippen LogP contribution in [0.1, 0.15) is 15.9 Å². The predicted molar refractivity (Wildman–Crippen MR) is 79.4 cm³/mol. The lowest BCUT2D eigenvalue weighted by Gasteiger charge is -2.07. The zero-order valence-corrected chi connectivity index (χ0v) is 11.5. The number of allylic oxidation sites excluding steroid dienone is 1. The van der Waals surface area contributed by atoms with Crippen LogP contribution in [0.4, 0.5) is 0 Å². The smallest absolute Gasteiger partial charge is 0.185 e. The lowest BCUT2D eigenvalue weighted by molar-refractivity contribution is 0.104. The van der Waals surface area contributed by atoms with Crippen molar-refractivity contribution >= 4 is 11.9 Å². The van der Waals surface area contributed by atoms with E-state index in [0.717, 1.165) is 11.3 Å². The van der Waals surface area contributed by atoms with E-state index in [2.05, 4.69) is 0 Å². The highest BCUT2D eigenvalue weighted by atomic mass is 16.5. The minimum atomic E-state index is -0.0459. The molecule has 20 heavy (non-hydrogen) atoms. The molecule has 0 heterocycles. The number of hydrogen-bond acceptors (Lipinski definition) is 3. The molecule has 0 amide bonds. The molecule has 102 valence electrons. The summed E-state index contributed by atoms with van der Waals surface area (Å²) in [5.74, 6) is 1.37. The SMILES string of the molecule is COc1ccc(OC)c(C=CC(=O)c2ccccc2)c1. The lowest BCUT2D eigenvalue weighted by atomic mass is 10.1. The second-order valence-electron chi connectivity index (χ2n) is 4.17. The second-order valence-corrected chi connectivity index (χ2v) is 4.17. The second kappa shape index (κ2) is 6.57. The van der Waals surface area contributed by atoms with Crippen LogP contribution in [-0.4, -0.2) is 20.0 Å². The topological polar surface area (TPSA) is 35.5 Å². The van der Waals surface area contributed by atoms with Crippen LogP contribution in [-0.2, 0) is 0 Å². The maximum atomic E-state index is 12.0. The van der Waals surface area contributed by atoms with E-state index in [4.69, 9.17) is 9.47 Å². The Balaban J connectivity index is 2.24. The molecule has 0 N–H and O–H groups in total. The van der Waals surface area contributed by atoms with Gasteiger partial charge in [-0.2, -0.15) is 0 Å². The fourth-order valence-corrected chi connectivity index (χ4v) is 1.83. The van der Waals surface area contributed by atoms with E-state index in [1.807, 2.05) is 36.4 Å². The number of carbonyl (C=O) groups excluding carboxylic acids is 1. The van der Waals surface area contributed by atoms with Crippen LogP contribution in [0.5, 0.6) is 11.5 Å². The van der Waals surface area contributed by atoms with Gasteiger partial charge in [0.25, 0.3) is 0 Å². The van der Waals surface area contributed by atoms with Gasteiger partial charge < -0.3 is 9.47 Å². The fraction of sp³-hybridized carbons (Fsp3) is 0.118. The summed E-state index contributed by atoms with van der Waals surface area (Å²) in [6, 6.07) is 14.6. The summed E-state index contributed by atoms with van der Waals surface area (Å²) < 4.78 is 10.4. The first kappa shape index (κ1) is 13.9. The number of ketones is 1. The molecule has 0 fully saturated rings. The highest BCUT2D eigenvalue weighted by Gasteiger charge is 2.04. The van der Waals surface area contributed by atoms with Crippen molar-refractivity contribution < 1.29 is 14.3 Å². The van der Waals surface area contributed by atoms with E-state index < -0.39 is 0 Å². The molecule has 2 rings (SSSR count). The van der Waals surface area contributed by atoms with Crippen molar-refractivity contribution in [3.8, 4) is 11.5 Å². The highest BCUT2D eigenvalue weighted by molar-refractivity contribution is 6.06. The summed E-state index contributed by atoms with van der Waals surface area (Å²) in [5, 5.41) is 0. The van der Waals surface area contributed by atoms with Crippen molar-refractivity contribution in [1.29, 1.82) is 0 Å². The van der Waals surface area contributed by atoms with E-state index in [0.29, 0.717) is 11.3 Å². The molecule has 0 aliphatic rings. The molecule has 0 atom stereocenters. The molecular formula is C17H16O3. The zero-order chi connectivity index (χ0) is 14.4. The highest BCUT2D eigenvalue weighted by Crippen LogP contribution is 2.25. The summed E-state index contributed by atoms with van der Waals surface area (Å²) in [4.78, 5) is 12.0. The van der Waals surface area contributed by atoms with Gasteiger partial charge in [-0.15, -0.1) is 0 Å². The van der Waals surface area contributed by atoms with Crippen molar-refractivity contribution in [2.45, 2.75) is 0 Å². The molecule has 0 saturated carbocycles. The lowest BCUT2D eigenvalue weighted by Crippen LogP contribution is -1.94. The number of carbonyl (C=O) groups is 1. The van der Waals surface area contributed by atoms with Gasteiger partial charge in [-0.25, -0.2) is 0 Å². The van der Waals surface area contributed by atoms with Crippen molar-refractivity contribution in [3.05, 3.63) is 65.7 Å². The minimum absolute atomic E-state index is 0.0459. The number of benzene rings is 2. The molecule has 2 aromatic rings. The maximum absolute atomic E-state index is 12.0. The molecular weight excluding hydrogens is 252 g/mol. The molecule has 0 unspecified atom stereocenters. The molecule has 0 aliphatic heterocycles. The molecule has 0 aromatic heterocycles. The molecule has 0 aliphatic carbocycles. The third-order valence-corrected chi connectivity index (χ3v) is 2.91. The quantitative estimate of drug-likeness (QED) is 0.614. The third kappa shape index (κ3) is 3.26. The van der Waals surface area contributed by atoms with Gasteiger partial charge in [0.2, 0.25) is 0 Å². The van der Waals surface area contributed by atoms with Crippen molar-refractivity contribution in [1.82, 2.24) is 0 Å². The van der Waals surface area contributed by atoms with Gasteiger partial charge in [-0.05, 0) is 30.4 Å². The van der Waals surface area contributed by atoms with Gasteiger partial charge in [-0.1, -0.05) is 30.3 Å². The van der Waals surface area contributed by atoms with Gasteiger partial charge in [0.15, 0.2) is 5.78 Å². The molecule has 0 bridgehead atoms. The van der Waals surface area contributed by atoms with Crippen molar-refractivity contribution in [3.63, 3.8) is 0 Å². The Morgan fingerprint density at radius 3 is 2.40 bits per heavy atom. The van der Waals surface area contributed by atoms with Crippen molar-refractivity contribution in [2.24, 2.45) is 0 Å². The van der Waals surface area contributed by atoms with Gasteiger partial charge >= 0.3 is 0 Å². The molecule has 0 radical (unpaired) electrons. The van der Waals surface area contributed by atoms with E-state index in [-0.39, 0.29) is 5.78 Å². The monoisotopic (exact) mass is 268 g/mol. The first-order chi connectivity index (χ1) is 9.74. The van der Waals surface area contributed by atoms with Gasteiger partial charge in [0.05, 0.1) is 14.2 Å². The summed E-state index contributed by atoms with van der Waals surface area (Å²) >= 11 is 0. The molecule has 3 nitrogen and oxygen atoms in total. The molecule has 3 heteroatoms. The summed E-state index contributed by atoms with van der Waals surface area (Å²) in [5.41, 5.74) is 1.46. The van der Waals surface area contributed by atoms with Gasteiger partial charge in [0, 0.05) is 11.1 Å². The Bertz CT molecular complexity index is 615. The molecule has 0 saturated heterocycles. The normalized spacial score (nSPS) is 10.5. The number of hydrogen-bond donors (Lipinski definition) is 0. The fourth-order valence-electron chi connectivity index (χ4n) is 1.83. The first-order valence-corrected chi connectivity index (χ1v) is 6.24. The average Bonchev–Trinajstić information content (AvgIpc) is 2.53. The molecule has 0 spiro atoms. The largest absolute Gasteiger partial charge is 0.497 e. The van der Waals surface area contributed by atoms with E-state index in [1.165, 1.54) is 6.08 Å². The average molecular weight is 268 g/mol. The maximum Gasteiger partial charge on any atom is 0.185 e. The summed E-state index contributed by atoms with van der Waals surface area (Å²) in [6.07, 6.45) is 3.27. The van der Waals surface area contributed by atoms with Crippen LogP contribution in [0.15, 0.2) is 54.6 Å². The van der Waals surface area contributed by atoms with Gasteiger partial charge in [0.1, 0.15) is 11.5 Å². The minimum Gasteiger partial charge on any atom is -0.497 e. The molecule has 2 aromatic carbocycles. The zero-order valence-electron chi connectivity index (χ0n) is 11.5. The Hall–Kier alpha value is -2.55. The van der Waals surface area contributed by atoms with Crippen LogP contribution in [0, 0.1) is 0 Å². The number of ether oxygens (including phenoxy) is 2. The van der Waals surface area contributed by atoms with E-state index in [1.54, 1.807) is 32.4 Å². The third-order valence-electron chi connectivity index (χ3n) is 2.91. The van der Waals surface area contributed by atoms with E-state index >= 15 is 0 Å². The van der Waals surface area contributed by atoms with Crippen molar-refractivity contribution in [2.75, 3.05) is 14.2 Å². The Kier molecular flexibility index (Phi) is 4.56. The Morgan fingerprint density at radius 2 is 1.75 bits per heavy atom. The summed E-state index contributed by atoms with van der Waals surface area (Å²) in [6.45, 7) is 0. The standard InChI is InChI=1S/C17H16O3/c1-19-15-9-11-17(20-2)14(12-15)8-10-16(18)13-6-4-3-5-7-13/h3-12H,1-2H3. The van der Waals surface area contributed by atoms with Crippen LogP contribution in [0.2, 0.25) is 0 Å². The number of methoxy groups -OCH3 is 2. The summed E-state index contributed by atoms with van der Waals surface area (Å²) in [7, 11) is 3.20. The van der Waals surface area contributed by atoms with Crippen LogP contribution in [0.25, 0.3) is 6.08 Å². The Labute approximate surface area is 118 Å². The Morgan fingerprint density at radius 1 is 1.00 bits per heavy atom. The first-order valence-electron chi connectivity index (χ1n) is 6.24. The number of rotatable bonds is 5. The van der Waals surface area contributed by atoms with Crippen LogP contribution < -0.4 is 9.47 Å². The van der Waals surface area contributed by atoms with E-state index in [9.17, 15) is 4.79 Å². The van der Waals surface area contributed by atoms with Crippen LogP contribution >= 0.6 is 0 Å². The van der Waals surface area contributed by atoms with Crippen LogP contribution in [0.3, 0.4) is 0 Å².